The van der Waals surface area contributed by atoms with Crippen molar-refractivity contribution in [3.8, 4) is 22.9 Å². The van der Waals surface area contributed by atoms with Crippen LogP contribution in [0, 0.1) is 13.8 Å². The number of fused-ring (bicyclic) bond motifs is 2. The molecule has 0 fully saturated rings. The lowest BCUT2D eigenvalue weighted by atomic mass is 10.1. The first-order valence-electron chi connectivity index (χ1n) is 9.49. The second kappa shape index (κ2) is 7.33. The van der Waals surface area contributed by atoms with Crippen LogP contribution < -0.4 is 14.8 Å². The molecule has 0 radical (unpaired) electrons. The van der Waals surface area contributed by atoms with E-state index in [0.29, 0.717) is 25.6 Å². The zero-order valence-corrected chi connectivity index (χ0v) is 17.0. The second-order valence-corrected chi connectivity index (χ2v) is 8.14. The maximum atomic E-state index is 5.70. The molecule has 0 unspecified atom stereocenters. The normalized spacial score (nSPS) is 12.9. The van der Waals surface area contributed by atoms with Gasteiger partial charge in [0.2, 0.25) is 0 Å². The summed E-state index contributed by atoms with van der Waals surface area (Å²) in [6.07, 6.45) is 3.54. The van der Waals surface area contributed by atoms with Crippen molar-refractivity contribution < 1.29 is 9.47 Å². The molecule has 0 saturated heterocycles. The summed E-state index contributed by atoms with van der Waals surface area (Å²) in [5.41, 5.74) is 3.22. The SMILES string of the molecule is Cc1sc2nc(-c3cccnc3)nc(NCc3ccc4c(c3)OCCO4)c2c1C. The van der Waals surface area contributed by atoms with Gasteiger partial charge in [-0.25, -0.2) is 9.97 Å². The van der Waals surface area contributed by atoms with Crippen LogP contribution in [-0.4, -0.2) is 28.2 Å². The van der Waals surface area contributed by atoms with E-state index in [4.69, 9.17) is 19.4 Å². The predicted molar refractivity (Wildman–Crippen MR) is 115 cm³/mol. The van der Waals surface area contributed by atoms with Crippen LogP contribution in [0.3, 0.4) is 0 Å². The number of hydrogen-bond donors (Lipinski definition) is 1. The molecular formula is C22H20N4O2S. The van der Waals surface area contributed by atoms with Crippen LogP contribution in [-0.2, 0) is 6.54 Å². The Morgan fingerprint density at radius 2 is 1.93 bits per heavy atom. The minimum atomic E-state index is 0.582. The van der Waals surface area contributed by atoms with Gasteiger partial charge >= 0.3 is 0 Å². The van der Waals surface area contributed by atoms with Crippen molar-refractivity contribution in [1.82, 2.24) is 15.0 Å². The number of nitrogens with zero attached hydrogens (tertiary/aromatic N) is 3. The largest absolute Gasteiger partial charge is 0.486 e. The Hall–Kier alpha value is -3.19. The van der Waals surface area contributed by atoms with Gasteiger partial charge in [0.1, 0.15) is 23.9 Å². The third-order valence-electron chi connectivity index (χ3n) is 5.01. The van der Waals surface area contributed by atoms with Crippen LogP contribution in [0.4, 0.5) is 5.82 Å². The molecular weight excluding hydrogens is 384 g/mol. The standard InChI is InChI=1S/C22H20N4O2S/c1-13-14(2)29-22-19(13)21(25-20(26-22)16-4-3-7-23-12-16)24-11-15-5-6-17-18(10-15)28-9-8-27-17/h3-7,10,12H,8-9,11H2,1-2H3,(H,24,25,26). The lowest BCUT2D eigenvalue weighted by molar-refractivity contribution is 0.171. The van der Waals surface area contributed by atoms with Gasteiger partial charge < -0.3 is 14.8 Å². The summed E-state index contributed by atoms with van der Waals surface area (Å²) in [7, 11) is 0. The molecule has 1 aliphatic heterocycles. The van der Waals surface area contributed by atoms with Crippen LogP contribution in [0.25, 0.3) is 21.6 Å². The summed E-state index contributed by atoms with van der Waals surface area (Å²) in [6, 6.07) is 9.91. The number of aromatic nitrogens is 3. The molecule has 5 rings (SSSR count). The summed E-state index contributed by atoms with van der Waals surface area (Å²) in [4.78, 5) is 16.1. The minimum Gasteiger partial charge on any atom is -0.486 e. The lowest BCUT2D eigenvalue weighted by Gasteiger charge is -2.19. The monoisotopic (exact) mass is 404 g/mol. The van der Waals surface area contributed by atoms with E-state index in [2.05, 4.69) is 24.1 Å². The predicted octanol–water partition coefficient (Wildman–Crippen LogP) is 4.75. The summed E-state index contributed by atoms with van der Waals surface area (Å²) in [5, 5.41) is 4.60. The first kappa shape index (κ1) is 17.9. The third kappa shape index (κ3) is 3.38. The van der Waals surface area contributed by atoms with E-state index in [-0.39, 0.29) is 0 Å². The highest BCUT2D eigenvalue weighted by molar-refractivity contribution is 7.18. The van der Waals surface area contributed by atoms with Gasteiger partial charge in [0.05, 0.1) is 5.39 Å². The number of anilines is 1. The molecule has 0 atom stereocenters. The topological polar surface area (TPSA) is 69.2 Å². The molecule has 4 aromatic rings. The molecule has 1 aromatic carbocycles. The zero-order valence-electron chi connectivity index (χ0n) is 16.2. The van der Waals surface area contributed by atoms with Crippen molar-refractivity contribution in [2.24, 2.45) is 0 Å². The molecule has 6 nitrogen and oxygen atoms in total. The van der Waals surface area contributed by atoms with Crippen LogP contribution in [0.1, 0.15) is 16.0 Å². The Labute approximate surface area is 172 Å². The number of pyridine rings is 1. The fourth-order valence-corrected chi connectivity index (χ4v) is 4.41. The van der Waals surface area contributed by atoms with E-state index in [9.17, 15) is 0 Å². The first-order chi connectivity index (χ1) is 14.2. The molecule has 7 heteroatoms. The molecule has 0 bridgehead atoms. The van der Waals surface area contributed by atoms with E-state index in [0.717, 1.165) is 38.7 Å². The zero-order chi connectivity index (χ0) is 19.8. The molecule has 4 heterocycles. The van der Waals surface area contributed by atoms with Crippen molar-refractivity contribution in [3.63, 3.8) is 0 Å². The number of ether oxygens (including phenoxy) is 2. The third-order valence-corrected chi connectivity index (χ3v) is 6.12. The molecule has 0 aliphatic carbocycles. The van der Waals surface area contributed by atoms with Crippen LogP contribution in [0.2, 0.25) is 0 Å². The van der Waals surface area contributed by atoms with Gasteiger partial charge in [0.15, 0.2) is 17.3 Å². The van der Waals surface area contributed by atoms with Gasteiger partial charge in [-0.05, 0) is 49.2 Å². The summed E-state index contributed by atoms with van der Waals surface area (Å²) in [5.74, 6) is 3.11. The number of nitrogens with one attached hydrogen (secondary N) is 1. The van der Waals surface area contributed by atoms with Crippen LogP contribution >= 0.6 is 11.3 Å². The molecule has 1 N–H and O–H groups in total. The lowest BCUT2D eigenvalue weighted by Crippen LogP contribution is -2.15. The number of hydrogen-bond acceptors (Lipinski definition) is 7. The molecule has 3 aromatic heterocycles. The molecule has 29 heavy (non-hydrogen) atoms. The fourth-order valence-electron chi connectivity index (χ4n) is 3.39. The second-order valence-electron chi connectivity index (χ2n) is 6.93. The Morgan fingerprint density at radius 1 is 1.07 bits per heavy atom. The minimum absolute atomic E-state index is 0.582. The summed E-state index contributed by atoms with van der Waals surface area (Å²) >= 11 is 1.69. The number of thiophene rings is 1. The highest BCUT2D eigenvalue weighted by atomic mass is 32.1. The van der Waals surface area contributed by atoms with Crippen molar-refractivity contribution in [2.45, 2.75) is 20.4 Å². The Morgan fingerprint density at radius 3 is 2.76 bits per heavy atom. The molecule has 0 saturated carbocycles. The smallest absolute Gasteiger partial charge is 0.164 e. The highest BCUT2D eigenvalue weighted by Gasteiger charge is 2.16. The maximum Gasteiger partial charge on any atom is 0.164 e. The fraction of sp³-hybridized carbons (Fsp3) is 0.227. The van der Waals surface area contributed by atoms with Crippen LogP contribution in [0.5, 0.6) is 11.5 Å². The molecule has 1 aliphatic rings. The van der Waals surface area contributed by atoms with Crippen molar-refractivity contribution in [3.05, 3.63) is 58.7 Å². The van der Waals surface area contributed by atoms with E-state index >= 15 is 0 Å². The van der Waals surface area contributed by atoms with E-state index in [1.165, 1.54) is 10.4 Å². The summed E-state index contributed by atoms with van der Waals surface area (Å²) in [6.45, 7) is 6.05. The van der Waals surface area contributed by atoms with E-state index in [1.807, 2.05) is 30.3 Å². The maximum absolute atomic E-state index is 5.70. The van der Waals surface area contributed by atoms with Gasteiger partial charge in [0, 0.05) is 29.4 Å². The van der Waals surface area contributed by atoms with Crippen molar-refractivity contribution in [1.29, 1.82) is 0 Å². The van der Waals surface area contributed by atoms with Gasteiger partial charge in [-0.1, -0.05) is 6.07 Å². The average molecular weight is 404 g/mol. The Balaban J connectivity index is 1.51. The van der Waals surface area contributed by atoms with Crippen molar-refractivity contribution >= 4 is 27.4 Å². The Bertz CT molecular complexity index is 1190. The van der Waals surface area contributed by atoms with Gasteiger partial charge in [0.25, 0.3) is 0 Å². The van der Waals surface area contributed by atoms with E-state index < -0.39 is 0 Å². The number of aryl methyl sites for hydroxylation is 2. The summed E-state index contributed by atoms with van der Waals surface area (Å²) < 4.78 is 11.3. The van der Waals surface area contributed by atoms with Crippen molar-refractivity contribution in [2.75, 3.05) is 18.5 Å². The van der Waals surface area contributed by atoms with Gasteiger partial charge in [-0.15, -0.1) is 11.3 Å². The van der Waals surface area contributed by atoms with Gasteiger partial charge in [-0.3, -0.25) is 4.98 Å². The van der Waals surface area contributed by atoms with Gasteiger partial charge in [-0.2, -0.15) is 0 Å². The molecule has 146 valence electrons. The quantitative estimate of drug-likeness (QED) is 0.529. The highest BCUT2D eigenvalue weighted by Crippen LogP contribution is 2.35. The Kier molecular flexibility index (Phi) is 4.52. The van der Waals surface area contributed by atoms with Crippen LogP contribution in [0.15, 0.2) is 42.7 Å². The average Bonchev–Trinajstić information content (AvgIpc) is 3.06. The first-order valence-corrected chi connectivity index (χ1v) is 10.3. The molecule has 0 amide bonds. The number of rotatable bonds is 4. The molecule has 0 spiro atoms. The number of benzene rings is 1. The van der Waals surface area contributed by atoms with E-state index in [1.54, 1.807) is 23.7 Å².